The van der Waals surface area contributed by atoms with Crippen LogP contribution in [0.4, 0.5) is 0 Å². The van der Waals surface area contributed by atoms with Crippen LogP contribution in [0.1, 0.15) is 10.6 Å². The van der Waals surface area contributed by atoms with Gasteiger partial charge in [0.15, 0.2) is 0 Å². The van der Waals surface area contributed by atoms with E-state index in [0.29, 0.717) is 18.1 Å². The number of nitrogens with zero attached hydrogens (tertiary/aromatic N) is 1. The van der Waals surface area contributed by atoms with Crippen molar-refractivity contribution in [1.29, 1.82) is 5.41 Å². The Morgan fingerprint density at radius 3 is 3.06 bits per heavy atom. The molecule has 0 unspecified atom stereocenters. The van der Waals surface area contributed by atoms with E-state index in [0.717, 1.165) is 4.88 Å². The van der Waals surface area contributed by atoms with Crippen LogP contribution < -0.4 is 10.5 Å². The van der Waals surface area contributed by atoms with E-state index in [9.17, 15) is 0 Å². The summed E-state index contributed by atoms with van der Waals surface area (Å²) in [5.41, 5.74) is 5.77. The van der Waals surface area contributed by atoms with Crippen molar-refractivity contribution in [3.63, 3.8) is 0 Å². The zero-order valence-electron chi connectivity index (χ0n) is 8.51. The topological polar surface area (TPSA) is 72.0 Å². The van der Waals surface area contributed by atoms with Crippen LogP contribution >= 0.6 is 11.3 Å². The van der Waals surface area contributed by atoms with Crippen LogP contribution in [0.5, 0.6) is 5.75 Å². The molecule has 0 aromatic carbocycles. The number of hydrogen-bond donors (Lipinski definition) is 2. The van der Waals surface area contributed by atoms with Gasteiger partial charge in [-0.15, -0.1) is 11.3 Å². The third-order valence-electron chi connectivity index (χ3n) is 1.97. The normalized spacial score (nSPS) is 10.0. The minimum absolute atomic E-state index is 0.0541. The molecule has 16 heavy (non-hydrogen) atoms. The van der Waals surface area contributed by atoms with Crippen molar-refractivity contribution in [2.24, 2.45) is 5.73 Å². The summed E-state index contributed by atoms with van der Waals surface area (Å²) >= 11 is 1.65. The van der Waals surface area contributed by atoms with Crippen LogP contribution in [-0.4, -0.2) is 10.8 Å². The zero-order valence-corrected chi connectivity index (χ0v) is 9.33. The van der Waals surface area contributed by atoms with Gasteiger partial charge in [0.25, 0.3) is 0 Å². The summed E-state index contributed by atoms with van der Waals surface area (Å²) in [6, 6.07) is 7.41. The van der Waals surface area contributed by atoms with Gasteiger partial charge in [-0.1, -0.05) is 6.07 Å². The number of thiophene rings is 1. The Balaban J connectivity index is 2.04. The van der Waals surface area contributed by atoms with Crippen molar-refractivity contribution < 1.29 is 4.74 Å². The molecule has 0 radical (unpaired) electrons. The maximum absolute atomic E-state index is 7.27. The van der Waals surface area contributed by atoms with E-state index in [4.69, 9.17) is 15.9 Å². The fourth-order valence-electron chi connectivity index (χ4n) is 1.20. The minimum Gasteiger partial charge on any atom is -0.488 e. The molecule has 3 N–H and O–H groups in total. The number of pyridine rings is 1. The molecule has 0 saturated carbocycles. The standard InChI is InChI=1S/C11H11N3OS/c12-11(13)10-6-8(3-4-14-10)15-7-9-2-1-5-16-9/h1-6H,7H2,(H3,12,13). The second kappa shape index (κ2) is 4.76. The highest BCUT2D eigenvalue weighted by atomic mass is 32.1. The van der Waals surface area contributed by atoms with Crippen LogP contribution in [-0.2, 0) is 6.61 Å². The van der Waals surface area contributed by atoms with Crippen LogP contribution in [0, 0.1) is 5.41 Å². The molecule has 2 heterocycles. The molecule has 0 fully saturated rings. The van der Waals surface area contributed by atoms with Gasteiger partial charge < -0.3 is 10.5 Å². The Morgan fingerprint density at radius 1 is 1.50 bits per heavy atom. The molecule has 0 aliphatic carbocycles. The van der Waals surface area contributed by atoms with Crippen LogP contribution in [0.25, 0.3) is 0 Å². The van der Waals surface area contributed by atoms with Crippen molar-refractivity contribution >= 4 is 17.2 Å². The van der Waals surface area contributed by atoms with Crippen molar-refractivity contribution in [2.75, 3.05) is 0 Å². The average molecular weight is 233 g/mol. The zero-order chi connectivity index (χ0) is 11.4. The summed E-state index contributed by atoms with van der Waals surface area (Å²) in [6.45, 7) is 0.527. The molecule has 0 amide bonds. The summed E-state index contributed by atoms with van der Waals surface area (Å²) in [6.07, 6.45) is 1.58. The second-order valence-electron chi connectivity index (χ2n) is 3.16. The molecular formula is C11H11N3OS. The highest BCUT2D eigenvalue weighted by molar-refractivity contribution is 7.09. The molecule has 0 atom stereocenters. The first kappa shape index (κ1) is 10.6. The lowest BCUT2D eigenvalue weighted by Crippen LogP contribution is -2.12. The van der Waals surface area contributed by atoms with Crippen molar-refractivity contribution in [3.05, 3.63) is 46.4 Å². The van der Waals surface area contributed by atoms with Gasteiger partial charge in [-0.05, 0) is 17.5 Å². The van der Waals surface area contributed by atoms with Gasteiger partial charge in [0.1, 0.15) is 23.9 Å². The maximum atomic E-state index is 7.27. The first-order valence-corrected chi connectivity index (χ1v) is 5.59. The molecule has 4 nitrogen and oxygen atoms in total. The van der Waals surface area contributed by atoms with E-state index >= 15 is 0 Å². The van der Waals surface area contributed by atoms with Crippen molar-refractivity contribution in [1.82, 2.24) is 4.98 Å². The van der Waals surface area contributed by atoms with Crippen LogP contribution in [0.15, 0.2) is 35.8 Å². The molecule has 0 saturated heterocycles. The number of ether oxygens (including phenoxy) is 1. The summed E-state index contributed by atoms with van der Waals surface area (Å²) < 4.78 is 5.56. The number of nitrogen functional groups attached to an aromatic ring is 1. The van der Waals surface area contributed by atoms with Gasteiger partial charge >= 0.3 is 0 Å². The van der Waals surface area contributed by atoms with Crippen molar-refractivity contribution in [3.8, 4) is 5.75 Å². The van der Waals surface area contributed by atoms with E-state index in [1.165, 1.54) is 0 Å². The molecule has 0 aliphatic rings. The molecule has 2 aromatic rings. The number of amidine groups is 1. The molecular weight excluding hydrogens is 222 g/mol. The van der Waals surface area contributed by atoms with E-state index in [1.54, 1.807) is 29.7 Å². The summed E-state index contributed by atoms with van der Waals surface area (Å²) in [5, 5.41) is 9.27. The maximum Gasteiger partial charge on any atom is 0.141 e. The highest BCUT2D eigenvalue weighted by Crippen LogP contribution is 2.15. The Kier molecular flexibility index (Phi) is 3.16. The number of rotatable bonds is 4. The van der Waals surface area contributed by atoms with Crippen LogP contribution in [0.2, 0.25) is 0 Å². The van der Waals surface area contributed by atoms with Gasteiger partial charge in [0.2, 0.25) is 0 Å². The van der Waals surface area contributed by atoms with E-state index < -0.39 is 0 Å². The Hall–Kier alpha value is -1.88. The number of hydrogen-bond acceptors (Lipinski definition) is 4. The Labute approximate surface area is 97.2 Å². The largest absolute Gasteiger partial charge is 0.488 e. The lowest BCUT2D eigenvalue weighted by Gasteiger charge is -2.05. The van der Waals surface area contributed by atoms with Gasteiger partial charge in [-0.2, -0.15) is 0 Å². The molecule has 5 heteroatoms. The average Bonchev–Trinajstić information content (AvgIpc) is 2.79. The number of nitrogens with two attached hydrogens (primary N) is 1. The predicted molar refractivity (Wildman–Crippen MR) is 63.9 cm³/mol. The van der Waals surface area contributed by atoms with Crippen LogP contribution in [0.3, 0.4) is 0 Å². The highest BCUT2D eigenvalue weighted by Gasteiger charge is 2.01. The predicted octanol–water partition coefficient (Wildman–Crippen LogP) is 2.01. The fourth-order valence-corrected chi connectivity index (χ4v) is 1.81. The lowest BCUT2D eigenvalue weighted by molar-refractivity contribution is 0.309. The first-order chi connectivity index (χ1) is 7.75. The molecule has 2 rings (SSSR count). The number of nitrogens with one attached hydrogen (secondary N) is 1. The lowest BCUT2D eigenvalue weighted by atomic mass is 10.3. The smallest absolute Gasteiger partial charge is 0.141 e. The molecule has 2 aromatic heterocycles. The second-order valence-corrected chi connectivity index (χ2v) is 4.19. The monoisotopic (exact) mass is 233 g/mol. The summed E-state index contributed by atoms with van der Waals surface area (Å²) in [4.78, 5) is 5.11. The molecule has 0 spiro atoms. The molecule has 82 valence electrons. The summed E-state index contributed by atoms with van der Waals surface area (Å²) in [7, 11) is 0. The first-order valence-electron chi connectivity index (χ1n) is 4.71. The Morgan fingerprint density at radius 2 is 2.38 bits per heavy atom. The Bertz CT molecular complexity index is 482. The third-order valence-corrected chi connectivity index (χ3v) is 2.82. The third kappa shape index (κ3) is 2.58. The summed E-state index contributed by atoms with van der Waals surface area (Å²) in [5.74, 6) is 0.621. The van der Waals surface area contributed by atoms with E-state index in [1.807, 2.05) is 17.5 Å². The van der Waals surface area contributed by atoms with Gasteiger partial charge in [0, 0.05) is 17.1 Å². The van der Waals surface area contributed by atoms with Gasteiger partial charge in [-0.25, -0.2) is 0 Å². The van der Waals surface area contributed by atoms with Gasteiger partial charge in [-0.3, -0.25) is 10.4 Å². The van der Waals surface area contributed by atoms with E-state index in [-0.39, 0.29) is 5.84 Å². The quantitative estimate of drug-likeness (QED) is 0.626. The number of aromatic nitrogens is 1. The van der Waals surface area contributed by atoms with Gasteiger partial charge in [0.05, 0.1) is 0 Å². The minimum atomic E-state index is -0.0541. The fraction of sp³-hybridized carbons (Fsp3) is 0.0909. The molecule has 0 bridgehead atoms. The molecule has 0 aliphatic heterocycles. The van der Waals surface area contributed by atoms with E-state index in [2.05, 4.69) is 4.98 Å². The van der Waals surface area contributed by atoms with Crippen molar-refractivity contribution in [2.45, 2.75) is 6.61 Å². The SMILES string of the molecule is N=C(N)c1cc(OCc2cccs2)ccn1.